The molecule has 1 aromatic rings. The van der Waals surface area contributed by atoms with Crippen molar-refractivity contribution in [2.75, 3.05) is 0 Å². The minimum atomic E-state index is 0.0637. The van der Waals surface area contributed by atoms with Gasteiger partial charge in [-0.15, -0.1) is 0 Å². The summed E-state index contributed by atoms with van der Waals surface area (Å²) in [7, 11) is 0. The fraction of sp³-hybridized carbons (Fsp3) is 0.500. The summed E-state index contributed by atoms with van der Waals surface area (Å²) in [5.41, 5.74) is 6.78. The fourth-order valence-electron chi connectivity index (χ4n) is 1.73. The van der Waals surface area contributed by atoms with E-state index in [2.05, 4.69) is 5.32 Å². The number of carbonyl (C=O) groups is 1. The Labute approximate surface area is 114 Å². The van der Waals surface area contributed by atoms with E-state index in [1.165, 1.54) is 5.56 Å². The van der Waals surface area contributed by atoms with Crippen LogP contribution in [-0.4, -0.2) is 18.0 Å². The number of rotatable bonds is 6. The lowest BCUT2D eigenvalue weighted by Gasteiger charge is -2.14. The quantitative estimate of drug-likeness (QED) is 0.833. The molecule has 0 heterocycles. The van der Waals surface area contributed by atoms with Crippen LogP contribution in [-0.2, 0) is 11.2 Å². The Bertz CT molecular complexity index is 376. The largest absolute Gasteiger partial charge is 0.353 e. The zero-order chi connectivity index (χ0) is 13.5. The number of benzene rings is 1. The number of hydrogen-bond acceptors (Lipinski definition) is 2. The molecule has 1 aromatic carbocycles. The fourth-order valence-corrected chi connectivity index (χ4v) is 1.86. The SMILES string of the molecule is CC(N)CCC(=O)NC(C)Cc1ccc(Cl)cc1. The first-order valence-electron chi connectivity index (χ1n) is 6.26. The van der Waals surface area contributed by atoms with Crippen LogP contribution in [0.25, 0.3) is 0 Å². The molecule has 2 atom stereocenters. The van der Waals surface area contributed by atoms with Crippen LogP contribution in [0.2, 0.25) is 5.02 Å². The summed E-state index contributed by atoms with van der Waals surface area (Å²) in [6.07, 6.45) is 2.02. The maximum Gasteiger partial charge on any atom is 0.220 e. The molecule has 0 aliphatic carbocycles. The molecule has 0 radical (unpaired) electrons. The minimum absolute atomic E-state index is 0.0637. The van der Waals surface area contributed by atoms with Crippen molar-refractivity contribution in [1.29, 1.82) is 0 Å². The van der Waals surface area contributed by atoms with Crippen molar-refractivity contribution in [3.63, 3.8) is 0 Å². The molecule has 2 unspecified atom stereocenters. The monoisotopic (exact) mass is 268 g/mol. The molecule has 0 fully saturated rings. The van der Waals surface area contributed by atoms with Crippen molar-refractivity contribution in [3.05, 3.63) is 34.9 Å². The highest BCUT2D eigenvalue weighted by atomic mass is 35.5. The summed E-state index contributed by atoms with van der Waals surface area (Å²) < 4.78 is 0. The molecular formula is C14H21ClN2O. The minimum Gasteiger partial charge on any atom is -0.353 e. The molecule has 0 aliphatic heterocycles. The number of amides is 1. The van der Waals surface area contributed by atoms with Crippen molar-refractivity contribution in [1.82, 2.24) is 5.32 Å². The van der Waals surface area contributed by atoms with E-state index in [4.69, 9.17) is 17.3 Å². The lowest BCUT2D eigenvalue weighted by Crippen LogP contribution is -2.34. The second-order valence-electron chi connectivity index (χ2n) is 4.82. The third-order valence-electron chi connectivity index (χ3n) is 2.69. The maximum atomic E-state index is 11.6. The topological polar surface area (TPSA) is 55.1 Å². The van der Waals surface area contributed by atoms with Crippen LogP contribution in [0.3, 0.4) is 0 Å². The molecule has 1 amide bonds. The first kappa shape index (κ1) is 15.0. The van der Waals surface area contributed by atoms with Gasteiger partial charge in [0.25, 0.3) is 0 Å². The summed E-state index contributed by atoms with van der Waals surface area (Å²) in [6.45, 7) is 3.91. The number of nitrogens with one attached hydrogen (secondary N) is 1. The van der Waals surface area contributed by atoms with Gasteiger partial charge in [-0.3, -0.25) is 4.79 Å². The van der Waals surface area contributed by atoms with Gasteiger partial charge in [-0.05, 0) is 44.4 Å². The predicted molar refractivity (Wildman–Crippen MR) is 75.6 cm³/mol. The Hall–Kier alpha value is -1.06. The van der Waals surface area contributed by atoms with Crippen LogP contribution in [0.5, 0.6) is 0 Å². The second kappa shape index (κ2) is 7.39. The highest BCUT2D eigenvalue weighted by Gasteiger charge is 2.08. The van der Waals surface area contributed by atoms with Gasteiger partial charge in [0.05, 0.1) is 0 Å². The molecule has 1 rings (SSSR count). The summed E-state index contributed by atoms with van der Waals surface area (Å²) in [4.78, 5) is 11.6. The summed E-state index contributed by atoms with van der Waals surface area (Å²) >= 11 is 5.82. The molecule has 3 N–H and O–H groups in total. The van der Waals surface area contributed by atoms with Crippen molar-refractivity contribution in [2.45, 2.75) is 45.2 Å². The number of halogens is 1. The van der Waals surface area contributed by atoms with Gasteiger partial charge in [0, 0.05) is 23.5 Å². The van der Waals surface area contributed by atoms with E-state index in [0.29, 0.717) is 6.42 Å². The normalized spacial score (nSPS) is 14.0. The molecule has 0 spiro atoms. The Morgan fingerprint density at radius 2 is 1.94 bits per heavy atom. The average Bonchev–Trinajstić information content (AvgIpc) is 2.29. The molecule has 4 heteroatoms. The van der Waals surface area contributed by atoms with E-state index in [-0.39, 0.29) is 18.0 Å². The first-order chi connectivity index (χ1) is 8.47. The van der Waals surface area contributed by atoms with Gasteiger partial charge in [0.15, 0.2) is 0 Å². The molecule has 0 aromatic heterocycles. The van der Waals surface area contributed by atoms with Crippen LogP contribution >= 0.6 is 11.6 Å². The summed E-state index contributed by atoms with van der Waals surface area (Å²) in [5.74, 6) is 0.0637. The van der Waals surface area contributed by atoms with E-state index in [9.17, 15) is 4.79 Å². The van der Waals surface area contributed by atoms with Crippen LogP contribution in [0.1, 0.15) is 32.3 Å². The molecule has 0 saturated carbocycles. The van der Waals surface area contributed by atoms with Gasteiger partial charge >= 0.3 is 0 Å². The standard InChI is InChI=1S/C14H21ClN2O/c1-10(16)3-8-14(18)17-11(2)9-12-4-6-13(15)7-5-12/h4-7,10-11H,3,8-9,16H2,1-2H3,(H,17,18). The highest BCUT2D eigenvalue weighted by molar-refractivity contribution is 6.30. The van der Waals surface area contributed by atoms with Crippen molar-refractivity contribution >= 4 is 17.5 Å². The number of carbonyl (C=O) groups excluding carboxylic acids is 1. The molecule has 18 heavy (non-hydrogen) atoms. The molecule has 0 saturated heterocycles. The second-order valence-corrected chi connectivity index (χ2v) is 5.25. The predicted octanol–water partition coefficient (Wildman–Crippen LogP) is 2.51. The third kappa shape index (κ3) is 6.03. The van der Waals surface area contributed by atoms with Crippen molar-refractivity contribution in [3.8, 4) is 0 Å². The molecule has 100 valence electrons. The Morgan fingerprint density at radius 1 is 1.33 bits per heavy atom. The molecule has 3 nitrogen and oxygen atoms in total. The Morgan fingerprint density at radius 3 is 2.50 bits per heavy atom. The van der Waals surface area contributed by atoms with Gasteiger partial charge in [-0.25, -0.2) is 0 Å². The first-order valence-corrected chi connectivity index (χ1v) is 6.64. The lowest BCUT2D eigenvalue weighted by atomic mass is 10.1. The van der Waals surface area contributed by atoms with Crippen LogP contribution in [0, 0.1) is 0 Å². The molecule has 0 aliphatic rings. The molecule has 0 bridgehead atoms. The van der Waals surface area contributed by atoms with Gasteiger partial charge in [0.1, 0.15) is 0 Å². The molecular weight excluding hydrogens is 248 g/mol. The van der Waals surface area contributed by atoms with E-state index in [0.717, 1.165) is 17.9 Å². The lowest BCUT2D eigenvalue weighted by molar-refractivity contribution is -0.121. The van der Waals surface area contributed by atoms with Crippen molar-refractivity contribution < 1.29 is 4.79 Å². The highest BCUT2D eigenvalue weighted by Crippen LogP contribution is 2.11. The van der Waals surface area contributed by atoms with E-state index in [1.54, 1.807) is 0 Å². The third-order valence-corrected chi connectivity index (χ3v) is 2.94. The zero-order valence-electron chi connectivity index (χ0n) is 10.9. The Balaban J connectivity index is 2.34. The van der Waals surface area contributed by atoms with E-state index in [1.807, 2.05) is 38.1 Å². The van der Waals surface area contributed by atoms with Gasteiger partial charge in [-0.1, -0.05) is 23.7 Å². The van der Waals surface area contributed by atoms with E-state index >= 15 is 0 Å². The Kier molecular flexibility index (Phi) is 6.16. The van der Waals surface area contributed by atoms with Crippen LogP contribution in [0.4, 0.5) is 0 Å². The van der Waals surface area contributed by atoms with Gasteiger partial charge in [0.2, 0.25) is 5.91 Å². The summed E-state index contributed by atoms with van der Waals surface area (Å²) in [5, 5.41) is 3.70. The average molecular weight is 269 g/mol. The van der Waals surface area contributed by atoms with Crippen LogP contribution in [0.15, 0.2) is 24.3 Å². The summed E-state index contributed by atoms with van der Waals surface area (Å²) in [6, 6.07) is 7.87. The van der Waals surface area contributed by atoms with Crippen molar-refractivity contribution in [2.24, 2.45) is 5.73 Å². The van der Waals surface area contributed by atoms with Gasteiger partial charge < -0.3 is 11.1 Å². The maximum absolute atomic E-state index is 11.6. The smallest absolute Gasteiger partial charge is 0.220 e. The zero-order valence-corrected chi connectivity index (χ0v) is 11.7. The van der Waals surface area contributed by atoms with E-state index < -0.39 is 0 Å². The number of nitrogens with two attached hydrogens (primary N) is 1. The number of hydrogen-bond donors (Lipinski definition) is 2. The van der Waals surface area contributed by atoms with Crippen LogP contribution < -0.4 is 11.1 Å². The van der Waals surface area contributed by atoms with Gasteiger partial charge in [-0.2, -0.15) is 0 Å².